The van der Waals surface area contributed by atoms with Crippen molar-refractivity contribution < 1.29 is 37.4 Å². The molecule has 0 aromatic rings. The van der Waals surface area contributed by atoms with E-state index in [9.17, 15) is 0 Å². The first-order valence-electron chi connectivity index (χ1n) is 0.908. The average molecular weight is 146 g/mol. The van der Waals surface area contributed by atoms with Crippen LogP contribution in [0.25, 0.3) is 0 Å². The van der Waals surface area contributed by atoms with Crippen LogP contribution in [0.1, 0.15) is 0 Å². The van der Waals surface area contributed by atoms with Crippen molar-refractivity contribution in [3.8, 4) is 0 Å². The molecule has 0 saturated heterocycles. The van der Waals surface area contributed by atoms with Crippen molar-refractivity contribution in [1.82, 2.24) is 0 Å². The largest absolute Gasteiger partial charge is 1.00 e. The van der Waals surface area contributed by atoms with Crippen LogP contribution in [0.3, 0.4) is 0 Å². The standard InChI is InChI=1S/CH5AsO2.Na/c1-2(3)4;/h2H,1H3,(H,3,4);/q;+1/p-1. The molecule has 0 aliphatic carbocycles. The van der Waals surface area contributed by atoms with Crippen LogP contribution in [0.2, 0.25) is 5.71 Å². The summed E-state index contributed by atoms with van der Waals surface area (Å²) in [5, 5.41) is 0. The van der Waals surface area contributed by atoms with Crippen LogP contribution in [-0.4, -0.2) is 14.9 Å². The first kappa shape index (κ1) is 9.58. The van der Waals surface area contributed by atoms with Crippen LogP contribution >= 0.6 is 0 Å². The fourth-order valence-corrected chi connectivity index (χ4v) is 0. The van der Waals surface area contributed by atoms with Gasteiger partial charge in [0.15, 0.2) is 0 Å². The Morgan fingerprint density at radius 2 is 1.80 bits per heavy atom. The van der Waals surface area contributed by atoms with Gasteiger partial charge in [-0.1, -0.05) is 0 Å². The van der Waals surface area contributed by atoms with Crippen LogP contribution in [0, 0.1) is 0 Å². The summed E-state index contributed by atoms with van der Waals surface area (Å²) in [7, 11) is 0. The molecule has 0 aliphatic heterocycles. The third-order valence-corrected chi connectivity index (χ3v) is 0. The second kappa shape index (κ2) is 5.32. The van der Waals surface area contributed by atoms with E-state index in [1.165, 1.54) is 5.71 Å². The van der Waals surface area contributed by atoms with Gasteiger partial charge in [0.1, 0.15) is 0 Å². The van der Waals surface area contributed by atoms with Crippen LogP contribution in [0.4, 0.5) is 0 Å². The van der Waals surface area contributed by atoms with Crippen LogP contribution in [0.15, 0.2) is 0 Å². The predicted octanol–water partition coefficient (Wildman–Crippen LogP) is -4.37. The smallest absolute Gasteiger partial charge is 1.00 e. The van der Waals surface area contributed by atoms with E-state index < -0.39 is 14.9 Å². The molecule has 0 fully saturated rings. The summed E-state index contributed by atoms with van der Waals surface area (Å²) in [4.78, 5) is 0. The van der Waals surface area contributed by atoms with E-state index in [1.807, 2.05) is 0 Å². The summed E-state index contributed by atoms with van der Waals surface area (Å²) in [6, 6.07) is 0. The van der Waals surface area contributed by atoms with Crippen molar-refractivity contribution in [3.63, 3.8) is 0 Å². The third kappa shape index (κ3) is 33.7. The molecule has 4 heteroatoms. The maximum absolute atomic E-state index is 9.14. The zero-order valence-electron chi connectivity index (χ0n) is 3.32. The Kier molecular flexibility index (Phi) is 10.2. The minimum atomic E-state index is -2.83. The van der Waals surface area contributed by atoms with Crippen molar-refractivity contribution in [2.75, 3.05) is 0 Å². The summed E-state index contributed by atoms with van der Waals surface area (Å²) < 4.78 is 18.3. The normalized spacial score (nSPS) is 12.4. The second-order valence-electron chi connectivity index (χ2n) is 0.492. The van der Waals surface area contributed by atoms with Crippen molar-refractivity contribution >= 4 is 14.9 Å². The zero-order chi connectivity index (χ0) is 3.58. The molecular weight excluding hydrogens is 142 g/mol. The van der Waals surface area contributed by atoms with E-state index in [0.29, 0.717) is 0 Å². The second-order valence-corrected chi connectivity index (χ2v) is 2.55. The quantitative estimate of drug-likeness (QED) is 0.324. The molecule has 2 nitrogen and oxygen atoms in total. The summed E-state index contributed by atoms with van der Waals surface area (Å²) in [5.41, 5.74) is 1.22. The van der Waals surface area contributed by atoms with Gasteiger partial charge in [0.2, 0.25) is 0 Å². The molecule has 0 amide bonds. The minimum Gasteiger partial charge on any atom is 1.00 e. The molecular formula is CH4AsNaO2. The van der Waals surface area contributed by atoms with Gasteiger partial charge < -0.3 is 0 Å². The number of hydrogen-bond donors (Lipinski definition) is 0. The van der Waals surface area contributed by atoms with Gasteiger partial charge >= 0.3 is 58.0 Å². The molecule has 0 bridgehead atoms. The molecule has 0 saturated carbocycles. The van der Waals surface area contributed by atoms with Gasteiger partial charge in [-0.25, -0.2) is 0 Å². The molecule has 5 heavy (non-hydrogen) atoms. The molecule has 0 heterocycles. The Morgan fingerprint density at radius 3 is 1.80 bits per heavy atom. The summed E-state index contributed by atoms with van der Waals surface area (Å²) in [6.07, 6.45) is 0. The molecule has 0 aromatic carbocycles. The minimum absolute atomic E-state index is 0. The molecule has 1 unspecified atom stereocenters. The van der Waals surface area contributed by atoms with E-state index in [4.69, 9.17) is 7.84 Å². The fraction of sp³-hybridized carbons (Fsp3) is 1.00. The summed E-state index contributed by atoms with van der Waals surface area (Å²) in [5.74, 6) is 0. The molecule has 26 valence electrons. The van der Waals surface area contributed by atoms with Gasteiger partial charge in [0.05, 0.1) is 0 Å². The fourth-order valence-electron chi connectivity index (χ4n) is 0. The molecule has 1 atom stereocenters. The van der Waals surface area contributed by atoms with Gasteiger partial charge in [0, 0.05) is 0 Å². The van der Waals surface area contributed by atoms with E-state index in [1.54, 1.807) is 0 Å². The first-order valence-corrected chi connectivity index (χ1v) is 4.72. The Bertz CT molecular complexity index is 32.6. The van der Waals surface area contributed by atoms with Crippen molar-refractivity contribution in [3.05, 3.63) is 0 Å². The number of hydrogen-bond acceptors (Lipinski definition) is 2. The molecule has 0 aromatic heterocycles. The van der Waals surface area contributed by atoms with E-state index in [0.717, 1.165) is 0 Å². The average Bonchev–Trinajstić information content (AvgIpc) is 0.811. The summed E-state index contributed by atoms with van der Waals surface area (Å²) >= 11 is -2.83. The van der Waals surface area contributed by atoms with Gasteiger partial charge in [-0.2, -0.15) is 0 Å². The first-order chi connectivity index (χ1) is 1.73. The van der Waals surface area contributed by atoms with Crippen molar-refractivity contribution in [1.29, 1.82) is 0 Å². The Hall–Kier alpha value is 1.32. The van der Waals surface area contributed by atoms with Gasteiger partial charge in [-0.05, 0) is 0 Å². The van der Waals surface area contributed by atoms with E-state index in [-0.39, 0.29) is 29.6 Å². The van der Waals surface area contributed by atoms with Crippen molar-refractivity contribution in [2.45, 2.75) is 5.71 Å². The monoisotopic (exact) mass is 146 g/mol. The van der Waals surface area contributed by atoms with Gasteiger partial charge in [-0.3, -0.25) is 0 Å². The van der Waals surface area contributed by atoms with Crippen LogP contribution < -0.4 is 33.7 Å². The summed E-state index contributed by atoms with van der Waals surface area (Å²) in [6.45, 7) is 0. The maximum atomic E-state index is 9.14. The zero-order valence-corrected chi connectivity index (χ0v) is 7.41. The molecule has 0 aliphatic rings. The maximum Gasteiger partial charge on any atom is 1.00 e. The van der Waals surface area contributed by atoms with E-state index >= 15 is 0 Å². The van der Waals surface area contributed by atoms with Gasteiger partial charge in [0.25, 0.3) is 0 Å². The van der Waals surface area contributed by atoms with Crippen molar-refractivity contribution in [2.24, 2.45) is 0 Å². The molecule has 0 rings (SSSR count). The molecule has 0 spiro atoms. The predicted molar refractivity (Wildman–Crippen MR) is 13.7 cm³/mol. The molecule has 0 N–H and O–H groups in total. The number of rotatable bonds is 0. The van der Waals surface area contributed by atoms with Crippen LogP contribution in [0.5, 0.6) is 0 Å². The topological polar surface area (TPSA) is 40.1 Å². The Morgan fingerprint density at radius 1 is 1.80 bits per heavy atom. The Balaban J connectivity index is 0. The third-order valence-electron chi connectivity index (χ3n) is 0. The van der Waals surface area contributed by atoms with Gasteiger partial charge in [-0.15, -0.1) is 0 Å². The van der Waals surface area contributed by atoms with Crippen LogP contribution in [-0.2, 0) is 3.74 Å². The Labute approximate surface area is 57.7 Å². The molecule has 0 radical (unpaired) electrons. The SMILES string of the molecule is C[AsH](=O)[O-].[Na+]. The van der Waals surface area contributed by atoms with E-state index in [2.05, 4.69) is 0 Å².